The van der Waals surface area contributed by atoms with Crippen LogP contribution in [0.25, 0.3) is 0 Å². The van der Waals surface area contributed by atoms with E-state index in [2.05, 4.69) is 0 Å². The van der Waals surface area contributed by atoms with Crippen LogP contribution in [0.1, 0.15) is 11.1 Å². The number of anilines is 1. The van der Waals surface area contributed by atoms with Gasteiger partial charge in [-0.15, -0.1) is 0 Å². The van der Waals surface area contributed by atoms with Crippen LogP contribution in [-0.2, 0) is 13.2 Å². The van der Waals surface area contributed by atoms with Crippen LogP contribution in [0.3, 0.4) is 0 Å². The van der Waals surface area contributed by atoms with Crippen molar-refractivity contribution in [3.05, 3.63) is 29.3 Å². The Kier molecular flexibility index (Phi) is 2.46. The number of hydrogen-bond donors (Lipinski definition) is 3. The van der Waals surface area contributed by atoms with Crippen molar-refractivity contribution < 1.29 is 10.2 Å². The largest absolute Gasteiger partial charge is 0.398 e. The second-order valence-electron chi connectivity index (χ2n) is 2.35. The molecule has 1 rings (SSSR count). The fourth-order valence-electron chi connectivity index (χ4n) is 0.887. The smallest absolute Gasteiger partial charge is 0.0701 e. The van der Waals surface area contributed by atoms with Crippen LogP contribution >= 0.6 is 0 Å². The molecule has 0 amide bonds. The summed E-state index contributed by atoms with van der Waals surface area (Å²) in [5, 5.41) is 17.4. The van der Waals surface area contributed by atoms with Gasteiger partial charge >= 0.3 is 0 Å². The van der Waals surface area contributed by atoms with Gasteiger partial charge in [0.15, 0.2) is 0 Å². The zero-order valence-electron chi connectivity index (χ0n) is 6.12. The lowest BCUT2D eigenvalue weighted by atomic mass is 10.1. The fraction of sp³-hybridized carbons (Fsp3) is 0.250. The molecule has 0 aliphatic carbocycles. The minimum Gasteiger partial charge on any atom is -0.398 e. The van der Waals surface area contributed by atoms with E-state index in [1.54, 1.807) is 18.2 Å². The zero-order valence-corrected chi connectivity index (χ0v) is 6.12. The second-order valence-corrected chi connectivity index (χ2v) is 2.35. The molecule has 0 aliphatic heterocycles. The first kappa shape index (κ1) is 8.04. The van der Waals surface area contributed by atoms with E-state index >= 15 is 0 Å². The van der Waals surface area contributed by atoms with Gasteiger partial charge in [-0.25, -0.2) is 0 Å². The number of aliphatic hydroxyl groups excluding tert-OH is 2. The third-order valence-electron chi connectivity index (χ3n) is 1.56. The summed E-state index contributed by atoms with van der Waals surface area (Å²) >= 11 is 0. The number of nitrogens with two attached hydrogens (primary N) is 1. The number of rotatable bonds is 2. The third kappa shape index (κ3) is 1.69. The van der Waals surface area contributed by atoms with Crippen LogP contribution < -0.4 is 5.73 Å². The molecule has 3 heteroatoms. The molecule has 0 spiro atoms. The zero-order chi connectivity index (χ0) is 8.27. The molecule has 0 saturated carbocycles. The quantitative estimate of drug-likeness (QED) is 0.534. The fourth-order valence-corrected chi connectivity index (χ4v) is 0.887. The van der Waals surface area contributed by atoms with Gasteiger partial charge in [-0.2, -0.15) is 0 Å². The Morgan fingerprint density at radius 2 is 1.91 bits per heavy atom. The molecule has 3 nitrogen and oxygen atoms in total. The molecule has 4 N–H and O–H groups in total. The molecule has 1 aromatic carbocycles. The maximum Gasteiger partial charge on any atom is 0.0701 e. The van der Waals surface area contributed by atoms with Crippen molar-refractivity contribution in [2.24, 2.45) is 0 Å². The maximum absolute atomic E-state index is 8.74. The van der Waals surface area contributed by atoms with E-state index < -0.39 is 0 Å². The van der Waals surface area contributed by atoms with E-state index in [9.17, 15) is 0 Å². The standard InChI is InChI=1S/C8H11NO2/c9-8-3-6(4-10)1-2-7(8)5-11/h1-3,10-11H,4-5,9H2. The van der Waals surface area contributed by atoms with E-state index in [4.69, 9.17) is 15.9 Å². The predicted molar refractivity (Wildman–Crippen MR) is 42.7 cm³/mol. The summed E-state index contributed by atoms with van der Waals surface area (Å²) < 4.78 is 0. The van der Waals surface area contributed by atoms with Gasteiger partial charge < -0.3 is 15.9 Å². The number of hydrogen-bond acceptors (Lipinski definition) is 3. The highest BCUT2D eigenvalue weighted by Gasteiger charge is 1.97. The first-order chi connectivity index (χ1) is 5.27. The predicted octanol–water partition coefficient (Wildman–Crippen LogP) is 0.253. The molecule has 0 aromatic heterocycles. The van der Waals surface area contributed by atoms with E-state index in [0.717, 1.165) is 5.56 Å². The molecule has 0 bridgehead atoms. The average molecular weight is 153 g/mol. The van der Waals surface area contributed by atoms with Gasteiger partial charge in [-0.3, -0.25) is 0 Å². The molecule has 0 aliphatic rings. The molecule has 0 saturated heterocycles. The van der Waals surface area contributed by atoms with Gasteiger partial charge in [0.25, 0.3) is 0 Å². The Hall–Kier alpha value is -1.06. The lowest BCUT2D eigenvalue weighted by molar-refractivity contribution is 0.278. The van der Waals surface area contributed by atoms with E-state index in [1.165, 1.54) is 0 Å². The van der Waals surface area contributed by atoms with Crippen molar-refractivity contribution in [2.75, 3.05) is 5.73 Å². The van der Waals surface area contributed by atoms with Gasteiger partial charge in [0.05, 0.1) is 13.2 Å². The normalized spacial score (nSPS) is 10.0. The minimum atomic E-state index is -0.0580. The highest BCUT2D eigenvalue weighted by atomic mass is 16.3. The Labute approximate surface area is 65.1 Å². The van der Waals surface area contributed by atoms with E-state index in [0.29, 0.717) is 11.3 Å². The molecule has 0 unspecified atom stereocenters. The number of aliphatic hydroxyl groups is 2. The molecule has 0 atom stereocenters. The summed E-state index contributed by atoms with van der Waals surface area (Å²) in [6, 6.07) is 5.11. The summed E-state index contributed by atoms with van der Waals surface area (Å²) in [6.45, 7) is -0.0759. The Morgan fingerprint density at radius 1 is 1.18 bits per heavy atom. The third-order valence-corrected chi connectivity index (χ3v) is 1.56. The average Bonchev–Trinajstić information content (AvgIpc) is 2.04. The molecule has 0 fully saturated rings. The van der Waals surface area contributed by atoms with E-state index in [-0.39, 0.29) is 13.2 Å². The van der Waals surface area contributed by atoms with Crippen LogP contribution in [0.2, 0.25) is 0 Å². The SMILES string of the molecule is Nc1cc(CO)ccc1CO. The van der Waals surface area contributed by atoms with Crippen LogP contribution in [0.4, 0.5) is 5.69 Å². The van der Waals surface area contributed by atoms with Gasteiger partial charge in [-0.1, -0.05) is 12.1 Å². The summed E-state index contributed by atoms with van der Waals surface area (Å²) in [6.07, 6.45) is 0. The van der Waals surface area contributed by atoms with Gasteiger partial charge in [0, 0.05) is 11.3 Å². The summed E-state index contributed by atoms with van der Waals surface area (Å²) in [4.78, 5) is 0. The molecular weight excluding hydrogens is 142 g/mol. The molecule has 0 heterocycles. The van der Waals surface area contributed by atoms with E-state index in [1.807, 2.05) is 0 Å². The van der Waals surface area contributed by atoms with Crippen LogP contribution in [0.5, 0.6) is 0 Å². The second kappa shape index (κ2) is 3.37. The van der Waals surface area contributed by atoms with Crippen molar-refractivity contribution in [1.82, 2.24) is 0 Å². The Balaban J connectivity index is 2.99. The summed E-state index contributed by atoms with van der Waals surface area (Å²) in [5.41, 5.74) is 7.52. The molecule has 11 heavy (non-hydrogen) atoms. The van der Waals surface area contributed by atoms with Crippen molar-refractivity contribution >= 4 is 5.69 Å². The number of nitrogen functional groups attached to an aromatic ring is 1. The first-order valence-electron chi connectivity index (χ1n) is 3.37. The molecule has 1 aromatic rings. The number of benzene rings is 1. The first-order valence-corrected chi connectivity index (χ1v) is 3.37. The van der Waals surface area contributed by atoms with Gasteiger partial charge in [0.2, 0.25) is 0 Å². The van der Waals surface area contributed by atoms with Crippen molar-refractivity contribution in [3.63, 3.8) is 0 Å². The Morgan fingerprint density at radius 3 is 2.36 bits per heavy atom. The van der Waals surface area contributed by atoms with Crippen molar-refractivity contribution in [1.29, 1.82) is 0 Å². The maximum atomic E-state index is 8.74. The highest BCUT2D eigenvalue weighted by molar-refractivity contribution is 5.48. The van der Waals surface area contributed by atoms with Crippen molar-refractivity contribution in [3.8, 4) is 0 Å². The lowest BCUT2D eigenvalue weighted by Crippen LogP contribution is -1.95. The topological polar surface area (TPSA) is 66.5 Å². The minimum absolute atomic E-state index is 0.0179. The van der Waals surface area contributed by atoms with Gasteiger partial charge in [0.1, 0.15) is 0 Å². The van der Waals surface area contributed by atoms with Crippen LogP contribution in [-0.4, -0.2) is 10.2 Å². The monoisotopic (exact) mass is 153 g/mol. The summed E-state index contributed by atoms with van der Waals surface area (Å²) in [7, 11) is 0. The van der Waals surface area contributed by atoms with Crippen LogP contribution in [0, 0.1) is 0 Å². The van der Waals surface area contributed by atoms with Gasteiger partial charge in [-0.05, 0) is 11.6 Å². The molecule has 60 valence electrons. The van der Waals surface area contributed by atoms with Crippen molar-refractivity contribution in [2.45, 2.75) is 13.2 Å². The molecule has 0 radical (unpaired) electrons. The Bertz CT molecular complexity index is 248. The molecular formula is C8H11NO2. The summed E-state index contributed by atoms with van der Waals surface area (Å²) in [5.74, 6) is 0. The highest BCUT2D eigenvalue weighted by Crippen LogP contribution is 2.13. The lowest BCUT2D eigenvalue weighted by Gasteiger charge is -2.03. The van der Waals surface area contributed by atoms with Crippen LogP contribution in [0.15, 0.2) is 18.2 Å².